The Hall–Kier alpha value is -3.72. The molecule has 166 valence electrons. The van der Waals surface area contributed by atoms with Gasteiger partial charge >= 0.3 is 6.03 Å². The summed E-state index contributed by atoms with van der Waals surface area (Å²) in [5, 5.41) is 2.82. The Morgan fingerprint density at radius 3 is 2.56 bits per heavy atom. The van der Waals surface area contributed by atoms with E-state index in [0.717, 1.165) is 31.6 Å². The summed E-state index contributed by atoms with van der Waals surface area (Å²) in [7, 11) is 0. The number of rotatable bonds is 5. The number of nitrogens with zero attached hydrogens (tertiary/aromatic N) is 3. The zero-order chi connectivity index (χ0) is 22.3. The minimum Gasteiger partial charge on any atom is -0.456 e. The van der Waals surface area contributed by atoms with E-state index in [1.54, 1.807) is 23.2 Å². The van der Waals surface area contributed by atoms with Crippen LogP contribution in [-0.2, 0) is 6.54 Å². The molecule has 3 aromatic rings. The largest absolute Gasteiger partial charge is 0.456 e. The fraction of sp³-hybridized carbons (Fsp3) is 0.261. The Bertz CT molecular complexity index is 1080. The molecule has 9 heteroatoms. The highest BCUT2D eigenvalue weighted by atomic mass is 19.1. The van der Waals surface area contributed by atoms with Crippen LogP contribution < -0.4 is 15.6 Å². The van der Waals surface area contributed by atoms with Gasteiger partial charge in [0.2, 0.25) is 5.56 Å². The van der Waals surface area contributed by atoms with E-state index in [1.807, 2.05) is 6.07 Å². The quantitative estimate of drug-likeness (QED) is 0.638. The number of aromatic amines is 1. The summed E-state index contributed by atoms with van der Waals surface area (Å²) in [5.74, 6) is 1.08. The lowest BCUT2D eigenvalue weighted by molar-refractivity contribution is 0.211. The Labute approximate surface area is 184 Å². The van der Waals surface area contributed by atoms with Crippen molar-refractivity contribution in [3.8, 4) is 11.5 Å². The molecule has 1 saturated heterocycles. The maximum atomic E-state index is 13.0. The molecule has 2 amide bonds. The number of urea groups is 1. The Morgan fingerprint density at radius 2 is 1.84 bits per heavy atom. The lowest BCUT2D eigenvalue weighted by atomic mass is 10.2. The van der Waals surface area contributed by atoms with Crippen molar-refractivity contribution in [2.45, 2.75) is 13.0 Å². The Kier molecular flexibility index (Phi) is 6.76. The van der Waals surface area contributed by atoms with Crippen molar-refractivity contribution >= 4 is 11.8 Å². The van der Waals surface area contributed by atoms with Crippen LogP contribution in [-0.4, -0.2) is 52.0 Å². The molecule has 3 heterocycles. The smallest absolute Gasteiger partial charge is 0.323 e. The van der Waals surface area contributed by atoms with Crippen LogP contribution in [0.2, 0.25) is 0 Å². The van der Waals surface area contributed by atoms with Crippen LogP contribution in [0.1, 0.15) is 12.0 Å². The topological polar surface area (TPSA) is 90.6 Å². The average Bonchev–Trinajstić information content (AvgIpc) is 3.04. The molecule has 1 fully saturated rings. The van der Waals surface area contributed by atoms with Gasteiger partial charge in [0.25, 0.3) is 0 Å². The summed E-state index contributed by atoms with van der Waals surface area (Å²) in [6, 6.07) is 12.2. The predicted molar refractivity (Wildman–Crippen MR) is 118 cm³/mol. The van der Waals surface area contributed by atoms with Crippen molar-refractivity contribution in [3.05, 3.63) is 82.7 Å². The van der Waals surface area contributed by atoms with Crippen molar-refractivity contribution in [2.75, 3.05) is 31.5 Å². The van der Waals surface area contributed by atoms with E-state index < -0.39 is 0 Å². The van der Waals surface area contributed by atoms with Crippen molar-refractivity contribution in [3.63, 3.8) is 0 Å². The number of pyridine rings is 2. The molecule has 0 radical (unpaired) electrons. The molecule has 32 heavy (non-hydrogen) atoms. The molecule has 1 aliphatic heterocycles. The highest BCUT2D eigenvalue weighted by Crippen LogP contribution is 2.21. The average molecular weight is 437 g/mol. The highest BCUT2D eigenvalue weighted by molar-refractivity contribution is 5.88. The van der Waals surface area contributed by atoms with Gasteiger partial charge in [-0.1, -0.05) is 6.07 Å². The summed E-state index contributed by atoms with van der Waals surface area (Å²) >= 11 is 0. The normalized spacial score (nSPS) is 14.6. The highest BCUT2D eigenvalue weighted by Gasteiger charge is 2.19. The molecule has 0 unspecified atom stereocenters. The number of hydrogen-bond donors (Lipinski definition) is 2. The monoisotopic (exact) mass is 437 g/mol. The molecule has 0 atom stereocenters. The van der Waals surface area contributed by atoms with Gasteiger partial charge in [0.05, 0.1) is 6.20 Å². The van der Waals surface area contributed by atoms with Crippen LogP contribution in [0.15, 0.2) is 65.7 Å². The van der Waals surface area contributed by atoms with Crippen LogP contribution in [0.4, 0.5) is 15.0 Å². The number of aromatic nitrogens is 2. The molecule has 4 rings (SSSR count). The number of carbonyl (C=O) groups excluding carboxylic acids is 1. The molecular weight excluding hydrogens is 413 g/mol. The van der Waals surface area contributed by atoms with Gasteiger partial charge in [-0.25, -0.2) is 14.2 Å². The molecule has 0 saturated carbocycles. The van der Waals surface area contributed by atoms with Crippen LogP contribution in [0.5, 0.6) is 11.5 Å². The van der Waals surface area contributed by atoms with Crippen LogP contribution in [0, 0.1) is 5.82 Å². The number of benzene rings is 1. The molecule has 2 aromatic heterocycles. The van der Waals surface area contributed by atoms with E-state index in [1.165, 1.54) is 36.5 Å². The first-order chi connectivity index (χ1) is 15.5. The van der Waals surface area contributed by atoms with Gasteiger partial charge in [-0.3, -0.25) is 15.0 Å². The van der Waals surface area contributed by atoms with Gasteiger partial charge < -0.3 is 14.6 Å². The number of hydrogen-bond acceptors (Lipinski definition) is 5. The van der Waals surface area contributed by atoms with Crippen LogP contribution in [0.3, 0.4) is 0 Å². The zero-order valence-corrected chi connectivity index (χ0v) is 17.5. The fourth-order valence-corrected chi connectivity index (χ4v) is 3.47. The lowest BCUT2D eigenvalue weighted by Crippen LogP contribution is -2.38. The SMILES string of the molecule is O=C(Nc1ccc(Oc2ccc(F)cc2)cn1)N1CCCN(Cc2ccc(=O)[nH]c2)CC1. The molecular formula is C23H24FN5O3. The summed E-state index contributed by atoms with van der Waals surface area (Å²) in [5.41, 5.74) is 0.922. The molecule has 0 spiro atoms. The van der Waals surface area contributed by atoms with E-state index >= 15 is 0 Å². The summed E-state index contributed by atoms with van der Waals surface area (Å²) in [6.45, 7) is 3.59. The standard InChI is InChI=1S/C23H24FN5O3/c24-18-3-5-19(6-4-18)32-20-7-8-21(25-15-20)27-23(31)29-11-1-10-28(12-13-29)16-17-2-9-22(30)26-14-17/h2-9,14-15H,1,10-13,16H2,(H,26,30)(H,25,27,31). The first kappa shape index (κ1) is 21.5. The summed E-state index contributed by atoms with van der Waals surface area (Å²) in [6.07, 6.45) is 4.09. The molecule has 1 aliphatic rings. The zero-order valence-electron chi connectivity index (χ0n) is 17.5. The third-order valence-electron chi connectivity index (χ3n) is 5.15. The third-order valence-corrected chi connectivity index (χ3v) is 5.15. The number of H-pyrrole nitrogens is 1. The molecule has 0 aliphatic carbocycles. The number of carbonyl (C=O) groups is 1. The number of nitrogens with one attached hydrogen (secondary N) is 2. The Morgan fingerprint density at radius 1 is 1.03 bits per heavy atom. The maximum Gasteiger partial charge on any atom is 0.323 e. The van der Waals surface area contributed by atoms with E-state index in [0.29, 0.717) is 30.4 Å². The van der Waals surface area contributed by atoms with Gasteiger partial charge in [0.1, 0.15) is 23.1 Å². The third kappa shape index (κ3) is 5.92. The van der Waals surface area contributed by atoms with Crippen molar-refractivity contribution in [1.82, 2.24) is 19.8 Å². The number of ether oxygens (including phenoxy) is 1. The fourth-order valence-electron chi connectivity index (χ4n) is 3.47. The first-order valence-corrected chi connectivity index (χ1v) is 10.4. The molecule has 8 nitrogen and oxygen atoms in total. The van der Waals surface area contributed by atoms with E-state index in [9.17, 15) is 14.0 Å². The number of amides is 2. The Balaban J connectivity index is 1.28. The molecule has 1 aromatic carbocycles. The lowest BCUT2D eigenvalue weighted by Gasteiger charge is -2.22. The van der Waals surface area contributed by atoms with Gasteiger partial charge in [-0.2, -0.15) is 0 Å². The van der Waals surface area contributed by atoms with E-state index in [-0.39, 0.29) is 17.4 Å². The van der Waals surface area contributed by atoms with Gasteiger partial charge in [0.15, 0.2) is 0 Å². The van der Waals surface area contributed by atoms with Gasteiger partial charge in [-0.15, -0.1) is 0 Å². The minimum atomic E-state index is -0.332. The first-order valence-electron chi connectivity index (χ1n) is 10.4. The minimum absolute atomic E-state index is 0.115. The maximum absolute atomic E-state index is 13.0. The van der Waals surface area contributed by atoms with Gasteiger partial charge in [0, 0.05) is 45.0 Å². The van der Waals surface area contributed by atoms with E-state index in [4.69, 9.17) is 4.74 Å². The second-order valence-electron chi connectivity index (χ2n) is 7.54. The van der Waals surface area contributed by atoms with Crippen LogP contribution in [0.25, 0.3) is 0 Å². The molecule has 0 bridgehead atoms. The number of halogens is 1. The second kappa shape index (κ2) is 10.1. The van der Waals surface area contributed by atoms with E-state index in [2.05, 4.69) is 20.2 Å². The van der Waals surface area contributed by atoms with Crippen molar-refractivity contribution in [1.29, 1.82) is 0 Å². The van der Waals surface area contributed by atoms with Crippen molar-refractivity contribution < 1.29 is 13.9 Å². The second-order valence-corrected chi connectivity index (χ2v) is 7.54. The van der Waals surface area contributed by atoms with Crippen LogP contribution >= 0.6 is 0 Å². The molecule has 2 N–H and O–H groups in total. The summed E-state index contributed by atoms with van der Waals surface area (Å²) in [4.78, 5) is 34.8. The number of anilines is 1. The van der Waals surface area contributed by atoms with Crippen molar-refractivity contribution in [2.24, 2.45) is 0 Å². The van der Waals surface area contributed by atoms with Gasteiger partial charge in [-0.05, 0) is 48.4 Å². The predicted octanol–water partition coefficient (Wildman–Crippen LogP) is 3.44. The summed E-state index contributed by atoms with van der Waals surface area (Å²) < 4.78 is 18.6.